The molecule has 2 fully saturated rings. The molecule has 178 valence electrons. The molecule has 1 aromatic rings. The Morgan fingerprint density at radius 2 is 1.94 bits per heavy atom. The molecule has 2 atom stereocenters. The van der Waals surface area contributed by atoms with Gasteiger partial charge < -0.3 is 21.1 Å². The van der Waals surface area contributed by atoms with Crippen molar-refractivity contribution in [3.8, 4) is 0 Å². The lowest BCUT2D eigenvalue weighted by atomic mass is 9.86. The van der Waals surface area contributed by atoms with Crippen LogP contribution in [0.3, 0.4) is 0 Å². The number of halogens is 3. The van der Waals surface area contributed by atoms with E-state index in [1.807, 2.05) is 0 Å². The second-order valence-corrected chi connectivity index (χ2v) is 8.37. The minimum Gasteiger partial charge on any atom is -0.364 e. The van der Waals surface area contributed by atoms with E-state index < -0.39 is 29.9 Å². The number of hydrogen-bond acceptors (Lipinski definition) is 7. The lowest BCUT2D eigenvalue weighted by molar-refractivity contribution is -0.119. The fraction of sp³-hybridized carbons (Fsp3) is 0.571. The van der Waals surface area contributed by atoms with Gasteiger partial charge in [0, 0.05) is 31.2 Å². The molecule has 0 bridgehead atoms. The predicted octanol–water partition coefficient (Wildman–Crippen LogP) is 2.21. The molecule has 3 heterocycles. The van der Waals surface area contributed by atoms with Crippen LogP contribution < -0.4 is 16.4 Å². The number of anilines is 1. The van der Waals surface area contributed by atoms with Gasteiger partial charge in [-0.1, -0.05) is 6.08 Å². The summed E-state index contributed by atoms with van der Waals surface area (Å²) in [5, 5.41) is 5.78. The number of nitrogens with one attached hydrogen (secondary N) is 2. The predicted molar refractivity (Wildman–Crippen MR) is 113 cm³/mol. The van der Waals surface area contributed by atoms with Crippen LogP contribution in [0.2, 0.25) is 0 Å². The quantitative estimate of drug-likeness (QED) is 0.589. The van der Waals surface area contributed by atoms with E-state index >= 15 is 0 Å². The maximum absolute atomic E-state index is 12.7. The Morgan fingerprint density at radius 1 is 1.18 bits per heavy atom. The lowest BCUT2D eigenvalue weighted by Crippen LogP contribution is -2.31. The normalized spacial score (nSPS) is 27.7. The number of nitrogens with zero attached hydrogens (tertiary/aromatic N) is 3. The number of aromatic nitrogens is 2. The summed E-state index contributed by atoms with van der Waals surface area (Å²) in [4.78, 5) is 36.4. The fourth-order valence-corrected chi connectivity index (χ4v) is 4.22. The molecule has 1 aliphatic carbocycles. The molecule has 9 nitrogen and oxygen atoms in total. The molecule has 4 N–H and O–H groups in total. The van der Waals surface area contributed by atoms with Gasteiger partial charge in [-0.3, -0.25) is 14.6 Å². The Labute approximate surface area is 188 Å². The zero-order valence-electron chi connectivity index (χ0n) is 17.8. The van der Waals surface area contributed by atoms with Crippen molar-refractivity contribution in [3.63, 3.8) is 0 Å². The number of ether oxygens (including phenoxy) is 1. The Balaban J connectivity index is 1.36. The van der Waals surface area contributed by atoms with Gasteiger partial charge in [-0.15, -0.1) is 0 Å². The summed E-state index contributed by atoms with van der Waals surface area (Å²) in [6.45, 7) is 0.569. The van der Waals surface area contributed by atoms with Crippen LogP contribution in [0.5, 0.6) is 0 Å². The van der Waals surface area contributed by atoms with Crippen LogP contribution in [0.4, 0.5) is 19.0 Å². The first-order valence-electron chi connectivity index (χ1n) is 10.9. The highest BCUT2D eigenvalue weighted by Gasteiger charge is 2.35. The number of hydrogen-bond donors (Lipinski definition) is 3. The first kappa shape index (κ1) is 23.1. The molecule has 0 spiro atoms. The number of primary amides is 1. The van der Waals surface area contributed by atoms with E-state index in [0.29, 0.717) is 50.3 Å². The Hall–Kier alpha value is -3.02. The van der Waals surface area contributed by atoms with Crippen molar-refractivity contribution in [3.05, 3.63) is 29.2 Å². The minimum atomic E-state index is -4.40. The average Bonchev–Trinajstić information content (AvgIpc) is 3.18. The van der Waals surface area contributed by atoms with Crippen LogP contribution in [-0.4, -0.2) is 59.1 Å². The van der Waals surface area contributed by atoms with Crippen LogP contribution in [0.1, 0.15) is 60.8 Å². The average molecular weight is 466 g/mol. The Morgan fingerprint density at radius 3 is 2.52 bits per heavy atom. The molecule has 1 unspecified atom stereocenters. The molecular formula is C21H25F3N6O3. The number of amides is 2. The van der Waals surface area contributed by atoms with Gasteiger partial charge in [-0.2, -0.15) is 13.2 Å². The van der Waals surface area contributed by atoms with E-state index in [4.69, 9.17) is 10.5 Å². The van der Waals surface area contributed by atoms with Gasteiger partial charge in [-0.25, -0.2) is 9.97 Å². The number of carbonyl (C=O) groups is 2. The van der Waals surface area contributed by atoms with Crippen molar-refractivity contribution >= 4 is 23.8 Å². The number of allylic oxidation sites excluding steroid dienone is 1. The lowest BCUT2D eigenvalue weighted by Gasteiger charge is -2.30. The smallest absolute Gasteiger partial charge is 0.364 e. The number of dihydropyridines is 1. The Bertz CT molecular complexity index is 972. The van der Waals surface area contributed by atoms with Gasteiger partial charge in [-0.05, 0) is 32.1 Å². The van der Waals surface area contributed by atoms with Crippen molar-refractivity contribution < 1.29 is 27.5 Å². The van der Waals surface area contributed by atoms with Gasteiger partial charge in [0.15, 0.2) is 6.23 Å². The molecule has 33 heavy (non-hydrogen) atoms. The van der Waals surface area contributed by atoms with Gasteiger partial charge in [0.25, 0.3) is 5.91 Å². The monoisotopic (exact) mass is 466 g/mol. The van der Waals surface area contributed by atoms with Gasteiger partial charge >= 0.3 is 6.18 Å². The fourth-order valence-electron chi connectivity index (χ4n) is 4.22. The summed E-state index contributed by atoms with van der Waals surface area (Å²) < 4.78 is 44.0. The zero-order chi connectivity index (χ0) is 23.6. The Kier molecular flexibility index (Phi) is 6.63. The number of carbonyl (C=O) groups excluding carboxylic acids is 2. The summed E-state index contributed by atoms with van der Waals surface area (Å²) in [5.41, 5.74) is 4.75. The van der Waals surface area contributed by atoms with Crippen LogP contribution in [0.25, 0.3) is 0 Å². The number of nitrogens with two attached hydrogens (primary N) is 1. The molecule has 0 aromatic carbocycles. The largest absolute Gasteiger partial charge is 0.417 e. The van der Waals surface area contributed by atoms with Crippen molar-refractivity contribution in [2.45, 2.75) is 69.0 Å². The number of rotatable bonds is 6. The van der Waals surface area contributed by atoms with E-state index in [2.05, 4.69) is 25.6 Å². The van der Waals surface area contributed by atoms with Crippen molar-refractivity contribution in [1.82, 2.24) is 15.3 Å². The van der Waals surface area contributed by atoms with E-state index in [0.717, 1.165) is 12.3 Å². The van der Waals surface area contributed by atoms with E-state index in [-0.39, 0.29) is 30.0 Å². The third-order valence-electron chi connectivity index (χ3n) is 6.00. The summed E-state index contributed by atoms with van der Waals surface area (Å²) in [7, 11) is 0. The van der Waals surface area contributed by atoms with Gasteiger partial charge in [0.2, 0.25) is 5.91 Å². The molecule has 12 heteroatoms. The molecule has 2 amide bonds. The van der Waals surface area contributed by atoms with Crippen LogP contribution in [0, 0.1) is 0 Å². The first-order chi connectivity index (χ1) is 15.7. The van der Waals surface area contributed by atoms with Crippen molar-refractivity contribution in [1.29, 1.82) is 0 Å². The van der Waals surface area contributed by atoms with Gasteiger partial charge in [0.1, 0.15) is 23.4 Å². The minimum absolute atomic E-state index is 0.0336. The third kappa shape index (κ3) is 5.67. The maximum atomic E-state index is 12.7. The molecule has 4 rings (SSSR count). The molecule has 3 aliphatic rings. The molecular weight excluding hydrogens is 441 g/mol. The number of aliphatic imine (C=N–C) groups is 1. The van der Waals surface area contributed by atoms with Crippen LogP contribution in [0.15, 0.2) is 22.7 Å². The molecule has 0 radical (unpaired) electrons. The van der Waals surface area contributed by atoms with E-state index in [9.17, 15) is 22.8 Å². The van der Waals surface area contributed by atoms with Crippen molar-refractivity contribution in [2.75, 3.05) is 11.9 Å². The molecule has 1 aromatic heterocycles. The summed E-state index contributed by atoms with van der Waals surface area (Å²) in [5.74, 6) is -0.00199. The van der Waals surface area contributed by atoms with Gasteiger partial charge in [0.05, 0.1) is 11.7 Å². The molecule has 2 aliphatic heterocycles. The van der Waals surface area contributed by atoms with Crippen molar-refractivity contribution in [2.24, 2.45) is 10.7 Å². The highest BCUT2D eigenvalue weighted by molar-refractivity contribution is 5.92. The third-order valence-corrected chi connectivity index (χ3v) is 6.00. The van der Waals surface area contributed by atoms with Crippen LogP contribution in [-0.2, 0) is 9.53 Å². The second kappa shape index (κ2) is 9.46. The topological polar surface area (TPSA) is 132 Å². The molecule has 1 saturated heterocycles. The number of alkyl halides is 3. The summed E-state index contributed by atoms with van der Waals surface area (Å²) in [6, 6.07) is 1.01. The molecule has 1 saturated carbocycles. The SMILES string of the molecule is NC(=O)c1cc(N[C@H]2CCNC2=O)nc(C2CCC(OC3CC=C(C(F)(F)F)C=N3)CC2)n1. The zero-order valence-corrected chi connectivity index (χ0v) is 17.8. The first-order valence-corrected chi connectivity index (χ1v) is 10.9. The highest BCUT2D eigenvalue weighted by atomic mass is 19.4. The van der Waals surface area contributed by atoms with Crippen LogP contribution >= 0.6 is 0 Å². The van der Waals surface area contributed by atoms with E-state index in [1.54, 1.807) is 0 Å². The maximum Gasteiger partial charge on any atom is 0.417 e. The summed E-state index contributed by atoms with van der Waals surface area (Å²) >= 11 is 0. The van der Waals surface area contributed by atoms with E-state index in [1.165, 1.54) is 6.07 Å². The highest BCUT2D eigenvalue weighted by Crippen LogP contribution is 2.35. The second-order valence-electron chi connectivity index (χ2n) is 8.37. The summed E-state index contributed by atoms with van der Waals surface area (Å²) in [6.07, 6.45) is 0.120. The standard InChI is InChI=1S/C21H25F3N6O3/c22-21(23,24)12-3-6-17(27-10-12)33-13-4-1-11(2-5-13)19-29-15(18(25)31)9-16(30-19)28-14-7-8-26-20(14)32/h3,9-11,13-14,17H,1-2,4-8H2,(H2,25,31)(H,26,32)(H,28,29,30)/t11?,13?,14-,17?/m0/s1.